The number of rotatable bonds is 10. The van der Waals surface area contributed by atoms with Gasteiger partial charge in [-0.2, -0.15) is 9.97 Å². The number of nitrogens with zero attached hydrogens (tertiary/aromatic N) is 6. The van der Waals surface area contributed by atoms with E-state index in [0.717, 1.165) is 29.6 Å². The van der Waals surface area contributed by atoms with Gasteiger partial charge in [-0.15, -0.1) is 0 Å². The highest BCUT2D eigenvalue weighted by Gasteiger charge is 2.29. The van der Waals surface area contributed by atoms with Crippen molar-refractivity contribution in [3.63, 3.8) is 0 Å². The Morgan fingerprint density at radius 3 is 2.50 bits per heavy atom. The SMILES string of the molecule is COc1nc(N2CCC(N(C)C)C2)ccc1Nc1ncc(Cl)c(N(C)S(=O)(=O)c2ccccc2CS(N)(=O)=O)n1. The maximum atomic E-state index is 13.5. The summed E-state index contributed by atoms with van der Waals surface area (Å²) in [6.07, 6.45) is 2.29. The molecule has 2 aromatic heterocycles. The summed E-state index contributed by atoms with van der Waals surface area (Å²) in [6.45, 7) is 1.72. The van der Waals surface area contributed by atoms with Gasteiger partial charge in [0.1, 0.15) is 16.5 Å². The van der Waals surface area contributed by atoms with Crippen LogP contribution in [-0.2, 0) is 25.8 Å². The van der Waals surface area contributed by atoms with Crippen LogP contribution in [0.15, 0.2) is 47.5 Å². The first-order chi connectivity index (χ1) is 18.8. The number of likely N-dealkylation sites (N-methyl/N-ethyl adjacent to an activating group) is 1. The molecule has 16 heteroatoms. The minimum Gasteiger partial charge on any atom is -0.479 e. The highest BCUT2D eigenvalue weighted by atomic mass is 35.5. The van der Waals surface area contributed by atoms with E-state index < -0.39 is 25.8 Å². The van der Waals surface area contributed by atoms with E-state index in [4.69, 9.17) is 21.5 Å². The lowest BCUT2D eigenvalue weighted by atomic mass is 10.2. The molecular weight excluding hydrogens is 580 g/mol. The summed E-state index contributed by atoms with van der Waals surface area (Å²) in [7, 11) is -1.40. The number of nitrogens with one attached hydrogen (secondary N) is 1. The van der Waals surface area contributed by atoms with Gasteiger partial charge in [0.25, 0.3) is 10.0 Å². The van der Waals surface area contributed by atoms with Gasteiger partial charge in [-0.3, -0.25) is 4.31 Å². The van der Waals surface area contributed by atoms with Crippen LogP contribution >= 0.6 is 11.6 Å². The van der Waals surface area contributed by atoms with Gasteiger partial charge < -0.3 is 19.9 Å². The van der Waals surface area contributed by atoms with Gasteiger partial charge in [0.15, 0.2) is 5.82 Å². The molecule has 0 radical (unpaired) electrons. The molecule has 3 N–H and O–H groups in total. The summed E-state index contributed by atoms with van der Waals surface area (Å²) >= 11 is 6.30. The second-order valence-corrected chi connectivity index (χ2v) is 13.4. The van der Waals surface area contributed by atoms with Gasteiger partial charge in [-0.1, -0.05) is 29.8 Å². The van der Waals surface area contributed by atoms with E-state index in [0.29, 0.717) is 17.6 Å². The van der Waals surface area contributed by atoms with Crippen LogP contribution in [0.1, 0.15) is 12.0 Å². The van der Waals surface area contributed by atoms with Gasteiger partial charge >= 0.3 is 0 Å². The van der Waals surface area contributed by atoms with Crippen molar-refractivity contribution >= 4 is 54.9 Å². The van der Waals surface area contributed by atoms with Crippen molar-refractivity contribution in [3.8, 4) is 5.88 Å². The fourth-order valence-corrected chi connectivity index (χ4v) is 6.77. The first-order valence-corrected chi connectivity index (χ1v) is 15.7. The van der Waals surface area contributed by atoms with E-state index in [1.807, 2.05) is 6.07 Å². The monoisotopic (exact) mass is 610 g/mol. The van der Waals surface area contributed by atoms with Gasteiger partial charge in [0.2, 0.25) is 21.9 Å². The van der Waals surface area contributed by atoms with Crippen LogP contribution in [0.2, 0.25) is 5.02 Å². The molecule has 40 heavy (non-hydrogen) atoms. The highest BCUT2D eigenvalue weighted by molar-refractivity contribution is 7.93. The van der Waals surface area contributed by atoms with E-state index >= 15 is 0 Å². The van der Waals surface area contributed by atoms with Gasteiger partial charge in [0.05, 0.1) is 24.0 Å². The van der Waals surface area contributed by atoms with Crippen molar-refractivity contribution in [1.82, 2.24) is 19.9 Å². The summed E-state index contributed by atoms with van der Waals surface area (Å²) in [5.41, 5.74) is 0.484. The summed E-state index contributed by atoms with van der Waals surface area (Å²) in [5, 5.41) is 8.14. The molecule has 0 saturated carbocycles. The van der Waals surface area contributed by atoms with Crippen LogP contribution in [0.25, 0.3) is 0 Å². The fourth-order valence-electron chi connectivity index (χ4n) is 4.34. The van der Waals surface area contributed by atoms with Crippen LogP contribution in [0.4, 0.5) is 23.3 Å². The second-order valence-electron chi connectivity index (χ2n) is 9.46. The number of anilines is 4. The lowest BCUT2D eigenvalue weighted by Crippen LogP contribution is -2.31. The summed E-state index contributed by atoms with van der Waals surface area (Å²) in [6, 6.07) is 9.76. The normalized spacial score (nSPS) is 15.9. The first-order valence-electron chi connectivity index (χ1n) is 12.1. The Bertz CT molecular complexity index is 1600. The summed E-state index contributed by atoms with van der Waals surface area (Å²) in [5.74, 6) is 0.342. The number of hydrogen-bond acceptors (Lipinski definition) is 11. The number of nitrogens with two attached hydrogens (primary N) is 1. The van der Waals surface area contributed by atoms with Crippen molar-refractivity contribution < 1.29 is 21.6 Å². The molecule has 13 nitrogen and oxygen atoms in total. The zero-order valence-corrected chi connectivity index (χ0v) is 24.8. The van der Waals surface area contributed by atoms with Gasteiger partial charge in [-0.25, -0.2) is 27.0 Å². The average molecular weight is 611 g/mol. The number of halogens is 1. The molecule has 1 unspecified atom stereocenters. The molecule has 3 aromatic rings. The molecule has 1 saturated heterocycles. The fraction of sp³-hybridized carbons (Fsp3) is 0.375. The number of sulfonamides is 2. The first kappa shape index (κ1) is 29.7. The maximum Gasteiger partial charge on any atom is 0.265 e. The van der Waals surface area contributed by atoms with Crippen LogP contribution in [0.3, 0.4) is 0 Å². The lowest BCUT2D eigenvalue weighted by Gasteiger charge is -2.22. The molecule has 1 aromatic carbocycles. The molecule has 1 atom stereocenters. The van der Waals surface area contributed by atoms with Crippen molar-refractivity contribution in [2.75, 3.05) is 55.9 Å². The van der Waals surface area contributed by atoms with Crippen molar-refractivity contribution in [3.05, 3.63) is 53.2 Å². The van der Waals surface area contributed by atoms with Crippen LogP contribution < -0.4 is 24.4 Å². The molecule has 1 aliphatic heterocycles. The van der Waals surface area contributed by atoms with E-state index in [-0.39, 0.29) is 27.2 Å². The van der Waals surface area contributed by atoms with Gasteiger partial charge in [0, 0.05) is 26.2 Å². The number of benzene rings is 1. The average Bonchev–Trinajstić information content (AvgIpc) is 3.40. The molecule has 0 spiro atoms. The smallest absolute Gasteiger partial charge is 0.265 e. The molecule has 216 valence electrons. The molecule has 4 rings (SSSR count). The summed E-state index contributed by atoms with van der Waals surface area (Å²) < 4.78 is 56.7. The number of primary sulfonamides is 1. The Hall–Kier alpha value is -3.24. The van der Waals surface area contributed by atoms with E-state index in [2.05, 4.69) is 44.2 Å². The molecule has 3 heterocycles. The number of methoxy groups -OCH3 is 1. The molecule has 0 bridgehead atoms. The lowest BCUT2D eigenvalue weighted by molar-refractivity contribution is 0.315. The Kier molecular flexibility index (Phi) is 8.70. The van der Waals surface area contributed by atoms with E-state index in [1.165, 1.54) is 44.6 Å². The van der Waals surface area contributed by atoms with Crippen molar-refractivity contribution in [2.24, 2.45) is 5.14 Å². The Morgan fingerprint density at radius 1 is 1.12 bits per heavy atom. The van der Waals surface area contributed by atoms with Crippen LogP contribution in [0, 0.1) is 0 Å². The Morgan fingerprint density at radius 2 is 1.85 bits per heavy atom. The molecule has 0 aliphatic carbocycles. The number of pyridine rings is 1. The summed E-state index contributed by atoms with van der Waals surface area (Å²) in [4.78, 5) is 17.3. The second kappa shape index (κ2) is 11.7. The number of aromatic nitrogens is 3. The highest BCUT2D eigenvalue weighted by Crippen LogP contribution is 2.33. The largest absolute Gasteiger partial charge is 0.479 e. The van der Waals surface area contributed by atoms with Crippen molar-refractivity contribution in [2.45, 2.75) is 23.1 Å². The Balaban J connectivity index is 1.61. The zero-order chi connectivity index (χ0) is 29.2. The quantitative estimate of drug-likeness (QED) is 0.345. The third-order valence-electron chi connectivity index (χ3n) is 6.49. The minimum atomic E-state index is -4.28. The van der Waals surface area contributed by atoms with Crippen LogP contribution in [0.5, 0.6) is 5.88 Å². The van der Waals surface area contributed by atoms with Gasteiger partial charge in [-0.05, 0) is 44.3 Å². The van der Waals surface area contributed by atoms with Crippen LogP contribution in [-0.4, -0.2) is 84.1 Å². The Labute approximate surface area is 239 Å². The van der Waals surface area contributed by atoms with E-state index in [1.54, 1.807) is 6.07 Å². The van der Waals surface area contributed by atoms with E-state index in [9.17, 15) is 16.8 Å². The third-order valence-corrected chi connectivity index (χ3v) is 9.32. The predicted molar refractivity (Wildman–Crippen MR) is 154 cm³/mol. The minimum absolute atomic E-state index is 0.0196. The molecular formula is C24H31ClN8O5S2. The molecule has 1 fully saturated rings. The number of ether oxygens (including phenoxy) is 1. The predicted octanol–water partition coefficient (Wildman–Crippen LogP) is 2.03. The zero-order valence-electron chi connectivity index (χ0n) is 22.4. The maximum absolute atomic E-state index is 13.5. The topological polar surface area (TPSA) is 164 Å². The molecule has 0 amide bonds. The standard InChI is InChI=1S/C24H31ClN8O5S2/c1-31(2)17-11-12-33(14-17)21-10-9-19(23(29-21)38-4)28-24-27-13-18(25)22(30-24)32(3)40(36,37)20-8-6-5-7-16(20)15-39(26,34)35/h5-10,13,17H,11-12,14-15H2,1-4H3,(H2,26,34,35)(H,27,28,30). The molecule has 1 aliphatic rings. The third kappa shape index (κ3) is 6.55. The number of hydrogen-bond donors (Lipinski definition) is 2. The van der Waals surface area contributed by atoms with Crippen molar-refractivity contribution in [1.29, 1.82) is 0 Å².